The minimum atomic E-state index is -0.279. The lowest BCUT2D eigenvalue weighted by atomic mass is 10.1. The third kappa shape index (κ3) is 3.31. The van der Waals surface area contributed by atoms with Gasteiger partial charge in [0.15, 0.2) is 0 Å². The predicted octanol–water partition coefficient (Wildman–Crippen LogP) is 2.89. The average molecular weight is 396 g/mol. The van der Waals surface area contributed by atoms with E-state index in [9.17, 15) is 4.79 Å². The summed E-state index contributed by atoms with van der Waals surface area (Å²) in [6, 6.07) is 17.0. The van der Waals surface area contributed by atoms with E-state index in [2.05, 4.69) is 34.1 Å². The Morgan fingerprint density at radius 2 is 1.96 bits per heavy atom. The molecule has 5 rings (SSSR count). The zero-order chi connectivity index (χ0) is 19.1. The Morgan fingerprint density at radius 1 is 1.14 bits per heavy atom. The number of carbonyl (C=O) groups excluding carboxylic acids is 1. The van der Waals surface area contributed by atoms with Crippen LogP contribution in [0.1, 0.15) is 12.0 Å². The first kappa shape index (κ1) is 17.5. The summed E-state index contributed by atoms with van der Waals surface area (Å²) in [5.41, 5.74) is 7.83. The summed E-state index contributed by atoms with van der Waals surface area (Å²) in [7, 11) is 0. The van der Waals surface area contributed by atoms with Gasteiger partial charge in [-0.2, -0.15) is 4.98 Å². The minimum Gasteiger partial charge on any atom is -0.397 e. The van der Waals surface area contributed by atoms with Gasteiger partial charge < -0.3 is 15.4 Å². The van der Waals surface area contributed by atoms with Crippen LogP contribution in [0.3, 0.4) is 0 Å². The first-order valence-electron chi connectivity index (χ1n) is 9.63. The van der Waals surface area contributed by atoms with Crippen LogP contribution in [-0.2, 0) is 6.42 Å². The van der Waals surface area contributed by atoms with Crippen LogP contribution in [0.15, 0.2) is 48.5 Å². The number of hydrogen-bond acceptors (Lipinski definition) is 4. The second-order valence-corrected chi connectivity index (χ2v) is 8.55. The molecule has 2 fully saturated rings. The van der Waals surface area contributed by atoms with Crippen LogP contribution < -0.4 is 15.5 Å². The fourth-order valence-electron chi connectivity index (χ4n) is 4.34. The lowest BCUT2D eigenvalue weighted by Crippen LogP contribution is -2.50. The van der Waals surface area contributed by atoms with E-state index in [1.54, 1.807) is 11.3 Å². The molecule has 2 saturated heterocycles. The van der Waals surface area contributed by atoms with Gasteiger partial charge >= 0.3 is 11.2 Å². The second kappa shape index (κ2) is 7.07. The molecule has 1 aromatic heterocycles. The lowest BCUT2D eigenvalue weighted by Gasteiger charge is -2.33. The molecular weight excluding hydrogens is 372 g/mol. The maximum atomic E-state index is 11.4. The number of H-pyrrole nitrogens is 1. The zero-order valence-electron chi connectivity index (χ0n) is 15.5. The van der Waals surface area contributed by atoms with Gasteiger partial charge in [0.2, 0.25) is 5.52 Å². The minimum absolute atomic E-state index is 0.279. The van der Waals surface area contributed by atoms with E-state index in [1.165, 1.54) is 10.3 Å². The number of aromatic amines is 1. The number of nitrogens with one attached hydrogen (secondary N) is 1. The molecule has 7 heteroatoms. The van der Waals surface area contributed by atoms with Gasteiger partial charge in [-0.15, -0.1) is 0 Å². The Bertz CT molecular complexity index is 970. The van der Waals surface area contributed by atoms with Crippen molar-refractivity contribution in [3.63, 3.8) is 0 Å². The van der Waals surface area contributed by atoms with Crippen molar-refractivity contribution in [1.29, 1.82) is 0 Å². The quantitative estimate of drug-likeness (QED) is 0.722. The normalized spacial score (nSPS) is 21.5. The smallest absolute Gasteiger partial charge is 0.397 e. The third-order valence-corrected chi connectivity index (χ3v) is 6.73. The maximum absolute atomic E-state index is 11.4. The number of fused-ring (bicyclic) bond motifs is 3. The summed E-state index contributed by atoms with van der Waals surface area (Å²) in [5, 5.41) is 0.793. The highest BCUT2D eigenvalue weighted by atomic mass is 32.1. The Kier molecular flexibility index (Phi) is 4.41. The SMILES string of the molecule is NC(=O)N1CC2CC1CN2CCc1ccc(Oc2[nH+]c3ccccc3s2)cc1. The van der Waals surface area contributed by atoms with Gasteiger partial charge in [0.1, 0.15) is 10.4 Å². The van der Waals surface area contributed by atoms with Crippen LogP contribution in [0.25, 0.3) is 10.2 Å². The molecule has 2 aliphatic rings. The number of hydrogen-bond donors (Lipinski definition) is 1. The summed E-state index contributed by atoms with van der Waals surface area (Å²) in [6.07, 6.45) is 2.05. The van der Waals surface area contributed by atoms with Crippen LogP contribution in [0, 0.1) is 0 Å². The standard InChI is InChI=1S/C21H22N4O2S/c22-20(26)25-13-15-11-16(25)12-24(15)10-9-14-5-7-17(8-6-14)27-21-23-18-3-1-2-4-19(18)28-21/h1-8,15-16H,9-13H2,(H2,22,26)/p+1. The molecule has 3 aromatic rings. The Balaban J connectivity index is 1.17. The van der Waals surface area contributed by atoms with Crippen molar-refractivity contribution in [2.24, 2.45) is 5.73 Å². The number of nitrogens with zero attached hydrogens (tertiary/aromatic N) is 2. The van der Waals surface area contributed by atoms with E-state index >= 15 is 0 Å². The molecule has 0 radical (unpaired) electrons. The largest absolute Gasteiger partial charge is 0.435 e. The molecule has 2 aromatic carbocycles. The molecule has 0 aliphatic carbocycles. The number of urea groups is 1. The number of amides is 2. The van der Waals surface area contributed by atoms with E-state index in [1.807, 2.05) is 29.2 Å². The highest BCUT2D eigenvalue weighted by molar-refractivity contribution is 7.19. The Labute approximate surface area is 167 Å². The highest BCUT2D eigenvalue weighted by Crippen LogP contribution is 2.31. The number of para-hydroxylation sites is 1. The van der Waals surface area contributed by atoms with Crippen molar-refractivity contribution in [2.45, 2.75) is 24.9 Å². The predicted molar refractivity (Wildman–Crippen MR) is 109 cm³/mol. The van der Waals surface area contributed by atoms with Crippen molar-refractivity contribution in [3.8, 4) is 10.9 Å². The van der Waals surface area contributed by atoms with Crippen LogP contribution in [0.4, 0.5) is 4.79 Å². The van der Waals surface area contributed by atoms with Crippen LogP contribution >= 0.6 is 11.3 Å². The molecule has 2 amide bonds. The number of primary amides is 1. The summed E-state index contributed by atoms with van der Waals surface area (Å²) in [5.74, 6) is 0.837. The molecule has 2 unspecified atom stereocenters. The monoisotopic (exact) mass is 395 g/mol. The number of ether oxygens (including phenoxy) is 1. The van der Waals surface area contributed by atoms with Gasteiger partial charge in [0, 0.05) is 37.8 Å². The van der Waals surface area contributed by atoms with E-state index in [0.717, 1.165) is 48.9 Å². The molecule has 0 saturated carbocycles. The number of carbonyl (C=O) groups is 1. The number of aromatic nitrogens is 1. The summed E-state index contributed by atoms with van der Waals surface area (Å²) < 4.78 is 7.16. The fourth-order valence-corrected chi connectivity index (χ4v) is 5.21. The number of piperazine rings is 1. The van der Waals surface area contributed by atoms with Gasteiger partial charge in [-0.05, 0) is 47.9 Å². The van der Waals surface area contributed by atoms with Gasteiger partial charge in [0.05, 0.1) is 0 Å². The average Bonchev–Trinajstić information content (AvgIpc) is 3.40. The van der Waals surface area contributed by atoms with Crippen molar-refractivity contribution in [2.75, 3.05) is 19.6 Å². The number of likely N-dealkylation sites (tertiary alicyclic amines) is 2. The lowest BCUT2D eigenvalue weighted by molar-refractivity contribution is -0.352. The van der Waals surface area contributed by atoms with Crippen molar-refractivity contribution in [3.05, 3.63) is 54.1 Å². The topological polar surface area (TPSA) is 72.9 Å². The second-order valence-electron chi connectivity index (χ2n) is 7.54. The molecule has 2 bridgehead atoms. The molecule has 28 heavy (non-hydrogen) atoms. The summed E-state index contributed by atoms with van der Waals surface area (Å²) in [4.78, 5) is 19.0. The highest BCUT2D eigenvalue weighted by Gasteiger charge is 2.44. The molecule has 144 valence electrons. The fraction of sp³-hybridized carbons (Fsp3) is 0.333. The van der Waals surface area contributed by atoms with E-state index < -0.39 is 0 Å². The number of rotatable bonds is 5. The zero-order valence-corrected chi connectivity index (χ0v) is 16.3. The molecule has 2 aliphatic heterocycles. The third-order valence-electron chi connectivity index (χ3n) is 5.79. The molecule has 6 nitrogen and oxygen atoms in total. The molecular formula is C21H23N4O2S+. The van der Waals surface area contributed by atoms with Crippen LogP contribution in [0.5, 0.6) is 10.9 Å². The van der Waals surface area contributed by atoms with Gasteiger partial charge in [0.25, 0.3) is 0 Å². The Hall–Kier alpha value is -2.64. The van der Waals surface area contributed by atoms with E-state index in [-0.39, 0.29) is 6.03 Å². The van der Waals surface area contributed by atoms with Crippen molar-refractivity contribution in [1.82, 2.24) is 9.80 Å². The van der Waals surface area contributed by atoms with Crippen molar-refractivity contribution >= 4 is 27.6 Å². The first-order chi connectivity index (χ1) is 13.7. The number of benzene rings is 2. The summed E-state index contributed by atoms with van der Waals surface area (Å²) in [6.45, 7) is 2.73. The molecule has 3 N–H and O–H groups in total. The molecule has 0 spiro atoms. The van der Waals surface area contributed by atoms with Crippen LogP contribution in [-0.4, -0.2) is 47.5 Å². The van der Waals surface area contributed by atoms with Gasteiger partial charge in [-0.3, -0.25) is 4.90 Å². The molecule has 2 atom stereocenters. The van der Waals surface area contributed by atoms with Gasteiger partial charge in [-0.1, -0.05) is 24.3 Å². The first-order valence-corrected chi connectivity index (χ1v) is 10.4. The van der Waals surface area contributed by atoms with Crippen molar-refractivity contribution < 1.29 is 14.5 Å². The number of thiazole rings is 1. The number of nitrogens with two attached hydrogens (primary N) is 1. The van der Waals surface area contributed by atoms with E-state index in [4.69, 9.17) is 10.5 Å². The Morgan fingerprint density at radius 3 is 2.68 bits per heavy atom. The van der Waals surface area contributed by atoms with E-state index in [0.29, 0.717) is 12.1 Å². The maximum Gasteiger partial charge on any atom is 0.435 e. The summed E-state index contributed by atoms with van der Waals surface area (Å²) >= 11 is 1.61. The van der Waals surface area contributed by atoms with Crippen LogP contribution in [0.2, 0.25) is 0 Å². The van der Waals surface area contributed by atoms with Gasteiger partial charge in [-0.25, -0.2) is 4.79 Å². The molecule has 3 heterocycles.